The maximum absolute atomic E-state index is 6.43. The lowest BCUT2D eigenvalue weighted by atomic mass is 9.66. The average Bonchev–Trinajstić information content (AvgIpc) is 3.98. The van der Waals surface area contributed by atoms with Gasteiger partial charge in [-0.25, -0.2) is 9.97 Å². The number of hydrogen-bond acceptors (Lipinski definition) is 6. The summed E-state index contributed by atoms with van der Waals surface area (Å²) in [5.74, 6) is 0. The van der Waals surface area contributed by atoms with E-state index in [1.54, 1.807) is 28.9 Å². The average molecular weight is 695 g/mol. The van der Waals surface area contributed by atoms with E-state index in [1.807, 2.05) is 41.5 Å². The van der Waals surface area contributed by atoms with Crippen molar-refractivity contribution in [2.45, 2.75) is 11.8 Å². The summed E-state index contributed by atoms with van der Waals surface area (Å²) in [6.07, 6.45) is 16.1. The fourth-order valence-corrected chi connectivity index (χ4v) is 8.66. The second-order valence-corrected chi connectivity index (χ2v) is 14.1. The number of benzene rings is 4. The molecule has 0 fully saturated rings. The maximum atomic E-state index is 6.43. The molecule has 0 amide bonds. The summed E-state index contributed by atoms with van der Waals surface area (Å²) >= 11 is 3.24. The Morgan fingerprint density at radius 1 is 0.725 bits per heavy atom. The molecule has 0 atom stereocenters. The maximum Gasteiger partial charge on any atom is 0.141 e. The van der Waals surface area contributed by atoms with E-state index in [4.69, 9.17) is 10.7 Å². The SMILES string of the molecule is C=Cc1c(C(/C=C\Cc2nccs2)=C/N)cc2c(c1C=C)-c1ccc(-c3ccc(-c4nccs4)nc3)cc1C2(c1ccccc1)c1ccccc1. The van der Waals surface area contributed by atoms with Gasteiger partial charge < -0.3 is 5.73 Å². The van der Waals surface area contributed by atoms with Crippen molar-refractivity contribution in [3.05, 3.63) is 202 Å². The number of pyridine rings is 1. The Bertz CT molecular complexity index is 2370. The number of nitrogens with zero attached hydrogens (tertiary/aromatic N) is 3. The van der Waals surface area contributed by atoms with E-state index in [0.29, 0.717) is 0 Å². The number of hydrogen-bond donors (Lipinski definition) is 1. The van der Waals surface area contributed by atoms with Crippen LogP contribution in [0.2, 0.25) is 0 Å². The quantitative estimate of drug-likeness (QED) is 0.145. The van der Waals surface area contributed by atoms with E-state index in [1.165, 1.54) is 22.3 Å². The van der Waals surface area contributed by atoms with Crippen LogP contribution in [0.4, 0.5) is 0 Å². The summed E-state index contributed by atoms with van der Waals surface area (Å²) in [7, 11) is 0. The Hall–Kier alpha value is -5.95. The fourth-order valence-electron chi connectivity index (χ4n) is 7.45. The second kappa shape index (κ2) is 13.8. The van der Waals surface area contributed by atoms with E-state index in [0.717, 1.165) is 66.6 Å². The highest BCUT2D eigenvalue weighted by atomic mass is 32.1. The lowest BCUT2D eigenvalue weighted by molar-refractivity contribution is 0.768. The molecule has 3 heterocycles. The van der Waals surface area contributed by atoms with Crippen molar-refractivity contribution >= 4 is 40.4 Å². The van der Waals surface area contributed by atoms with Crippen LogP contribution in [0.5, 0.6) is 0 Å². The zero-order valence-corrected chi connectivity index (χ0v) is 29.5. The van der Waals surface area contributed by atoms with Gasteiger partial charge >= 0.3 is 0 Å². The Morgan fingerprint density at radius 2 is 1.43 bits per heavy atom. The van der Waals surface area contributed by atoms with Gasteiger partial charge in [0.2, 0.25) is 0 Å². The molecule has 51 heavy (non-hydrogen) atoms. The van der Waals surface area contributed by atoms with Crippen LogP contribution in [0.1, 0.15) is 44.0 Å². The van der Waals surface area contributed by atoms with Gasteiger partial charge in [0.05, 0.1) is 16.1 Å². The highest BCUT2D eigenvalue weighted by Gasteiger charge is 2.47. The Morgan fingerprint density at radius 3 is 2.04 bits per heavy atom. The largest absolute Gasteiger partial charge is 0.404 e. The number of thiazole rings is 2. The van der Waals surface area contributed by atoms with Crippen LogP contribution >= 0.6 is 22.7 Å². The molecule has 0 unspecified atom stereocenters. The van der Waals surface area contributed by atoms with Crippen molar-refractivity contribution < 1.29 is 0 Å². The lowest BCUT2D eigenvalue weighted by Gasteiger charge is -2.34. The van der Waals surface area contributed by atoms with Crippen LogP contribution in [0.3, 0.4) is 0 Å². The van der Waals surface area contributed by atoms with E-state index in [9.17, 15) is 0 Å². The van der Waals surface area contributed by atoms with Gasteiger partial charge in [0.1, 0.15) is 5.01 Å². The van der Waals surface area contributed by atoms with Crippen molar-refractivity contribution in [1.29, 1.82) is 0 Å². The van der Waals surface area contributed by atoms with Crippen molar-refractivity contribution in [3.8, 4) is 33.0 Å². The molecule has 4 aromatic carbocycles. The van der Waals surface area contributed by atoms with Gasteiger partial charge in [-0.05, 0) is 79.4 Å². The lowest BCUT2D eigenvalue weighted by Crippen LogP contribution is -2.29. The zero-order chi connectivity index (χ0) is 34.8. The smallest absolute Gasteiger partial charge is 0.141 e. The summed E-state index contributed by atoms with van der Waals surface area (Å²) in [5, 5.41) is 5.94. The van der Waals surface area contributed by atoms with E-state index in [-0.39, 0.29) is 0 Å². The third kappa shape index (κ3) is 5.50. The van der Waals surface area contributed by atoms with E-state index in [2.05, 4.69) is 132 Å². The van der Waals surface area contributed by atoms with Gasteiger partial charge in [0.25, 0.3) is 0 Å². The molecule has 1 aliphatic rings. The molecule has 7 aromatic rings. The topological polar surface area (TPSA) is 64.7 Å². The molecule has 0 aliphatic heterocycles. The van der Waals surface area contributed by atoms with Crippen molar-refractivity contribution in [3.63, 3.8) is 0 Å². The molecule has 0 spiro atoms. The highest BCUT2D eigenvalue weighted by Crippen LogP contribution is 2.59. The molecular formula is C45H34N4S2. The van der Waals surface area contributed by atoms with Gasteiger partial charge in [0.15, 0.2) is 0 Å². The van der Waals surface area contributed by atoms with Gasteiger partial charge in [-0.1, -0.05) is 116 Å². The predicted octanol–water partition coefficient (Wildman–Crippen LogP) is 11.1. The normalized spacial score (nSPS) is 13.2. The molecule has 6 heteroatoms. The summed E-state index contributed by atoms with van der Waals surface area (Å²) in [4.78, 5) is 13.7. The van der Waals surface area contributed by atoms with Crippen molar-refractivity contribution in [1.82, 2.24) is 15.0 Å². The van der Waals surface area contributed by atoms with E-state index < -0.39 is 5.41 Å². The number of rotatable bonds is 10. The Kier molecular flexibility index (Phi) is 8.70. The molecule has 1 aliphatic carbocycles. The van der Waals surface area contributed by atoms with Gasteiger partial charge in [-0.2, -0.15) is 0 Å². The minimum absolute atomic E-state index is 0.645. The summed E-state index contributed by atoms with van der Waals surface area (Å²) in [5.41, 5.74) is 19.8. The first kappa shape index (κ1) is 32.3. The zero-order valence-electron chi connectivity index (χ0n) is 27.9. The molecular weight excluding hydrogens is 661 g/mol. The summed E-state index contributed by atoms with van der Waals surface area (Å²) in [6.45, 7) is 8.66. The fraction of sp³-hybridized carbons (Fsp3) is 0.0444. The van der Waals surface area contributed by atoms with Gasteiger partial charge in [-0.3, -0.25) is 4.98 Å². The van der Waals surface area contributed by atoms with Crippen LogP contribution in [0.25, 0.3) is 50.7 Å². The number of fused-ring (bicyclic) bond motifs is 3. The summed E-state index contributed by atoms with van der Waals surface area (Å²) in [6, 6.07) is 35.0. The monoisotopic (exact) mass is 694 g/mol. The van der Waals surface area contributed by atoms with Crippen LogP contribution < -0.4 is 5.73 Å². The second-order valence-electron chi connectivity index (χ2n) is 12.2. The van der Waals surface area contributed by atoms with Crippen LogP contribution in [-0.2, 0) is 11.8 Å². The van der Waals surface area contributed by atoms with Crippen molar-refractivity contribution in [2.75, 3.05) is 0 Å². The molecule has 8 rings (SSSR count). The molecule has 0 radical (unpaired) electrons. The molecule has 246 valence electrons. The number of nitrogens with two attached hydrogens (primary N) is 1. The van der Waals surface area contributed by atoms with Crippen LogP contribution in [0, 0.1) is 0 Å². The Labute approximate surface area is 306 Å². The van der Waals surface area contributed by atoms with Crippen LogP contribution in [0.15, 0.2) is 158 Å². The number of aromatic nitrogens is 3. The Balaban J connectivity index is 1.40. The molecule has 3 aromatic heterocycles. The highest BCUT2D eigenvalue weighted by molar-refractivity contribution is 7.13. The van der Waals surface area contributed by atoms with E-state index >= 15 is 0 Å². The molecule has 0 saturated carbocycles. The first-order valence-corrected chi connectivity index (χ1v) is 18.5. The first-order valence-electron chi connectivity index (χ1n) is 16.7. The molecule has 0 bridgehead atoms. The van der Waals surface area contributed by atoms with Gasteiger partial charge in [0, 0.05) is 47.5 Å². The standard InChI is InChI=1S/C45H34N4S2/c1-3-35-36(4-2)43-37-20-18-30(32-19-21-41(49-29-32)44-48-23-25-51-44)26-39(37)45(33-13-7-5-8-14-33,34-15-9-6-10-16-34)40(43)27-38(35)31(28-46)12-11-17-42-47-22-24-50-42/h3-16,18-29H,1-2,17,46H2/b12-11-,31-28+. The van der Waals surface area contributed by atoms with Crippen molar-refractivity contribution in [2.24, 2.45) is 5.73 Å². The molecule has 0 saturated heterocycles. The first-order chi connectivity index (χ1) is 25.2. The number of allylic oxidation sites excluding steroid dienone is 3. The minimum Gasteiger partial charge on any atom is -0.404 e. The third-order valence-corrected chi connectivity index (χ3v) is 11.2. The molecule has 2 N–H and O–H groups in total. The minimum atomic E-state index is -0.645. The summed E-state index contributed by atoms with van der Waals surface area (Å²) < 4.78 is 0. The third-order valence-electron chi connectivity index (χ3n) is 9.64. The molecule has 4 nitrogen and oxygen atoms in total. The predicted molar refractivity (Wildman–Crippen MR) is 215 cm³/mol. The van der Waals surface area contributed by atoms with Gasteiger partial charge in [-0.15, -0.1) is 22.7 Å². The van der Waals surface area contributed by atoms with Crippen LogP contribution in [-0.4, -0.2) is 15.0 Å².